The summed E-state index contributed by atoms with van der Waals surface area (Å²) >= 11 is 0. The first-order valence-corrected chi connectivity index (χ1v) is 7.70. The Morgan fingerprint density at radius 1 is 1.10 bits per heavy atom. The second-order valence-corrected chi connectivity index (χ2v) is 6.84. The number of nitrogens with zero attached hydrogens (tertiary/aromatic N) is 3. The summed E-state index contributed by atoms with van der Waals surface area (Å²) in [5, 5.41) is 6.81. The second kappa shape index (κ2) is 7.07. The van der Waals surface area contributed by atoms with Crippen LogP contribution in [-0.2, 0) is 5.41 Å². The van der Waals surface area contributed by atoms with Gasteiger partial charge < -0.3 is 15.5 Å². The minimum Gasteiger partial charge on any atom is -0.370 e. The molecule has 21 heavy (non-hydrogen) atoms. The van der Waals surface area contributed by atoms with E-state index in [4.69, 9.17) is 4.98 Å². The van der Waals surface area contributed by atoms with Crippen molar-refractivity contribution in [2.24, 2.45) is 0 Å². The summed E-state index contributed by atoms with van der Waals surface area (Å²) in [7, 11) is 4.17. The van der Waals surface area contributed by atoms with Gasteiger partial charge in [0.1, 0.15) is 17.5 Å². The molecule has 0 spiro atoms. The molecule has 0 aliphatic carbocycles. The molecule has 0 saturated heterocycles. The molecule has 0 amide bonds. The van der Waals surface area contributed by atoms with E-state index in [0.29, 0.717) is 6.04 Å². The molecule has 0 radical (unpaired) electrons. The van der Waals surface area contributed by atoms with Crippen molar-refractivity contribution in [2.75, 3.05) is 37.8 Å². The van der Waals surface area contributed by atoms with Crippen LogP contribution in [0.3, 0.4) is 0 Å². The highest BCUT2D eigenvalue weighted by atomic mass is 15.1. The van der Waals surface area contributed by atoms with Crippen LogP contribution in [0.25, 0.3) is 0 Å². The van der Waals surface area contributed by atoms with Gasteiger partial charge in [-0.25, -0.2) is 9.97 Å². The largest absolute Gasteiger partial charge is 0.370 e. The summed E-state index contributed by atoms with van der Waals surface area (Å²) in [5.41, 5.74) is 1.01. The quantitative estimate of drug-likeness (QED) is 0.844. The van der Waals surface area contributed by atoms with E-state index in [1.54, 1.807) is 0 Å². The van der Waals surface area contributed by atoms with E-state index in [0.717, 1.165) is 36.1 Å². The van der Waals surface area contributed by atoms with Crippen molar-refractivity contribution >= 4 is 11.6 Å². The molecule has 0 fully saturated rings. The molecule has 1 aromatic heterocycles. The fraction of sp³-hybridized carbons (Fsp3) is 0.750. The molecule has 5 nitrogen and oxygen atoms in total. The van der Waals surface area contributed by atoms with Crippen molar-refractivity contribution in [3.8, 4) is 0 Å². The van der Waals surface area contributed by atoms with E-state index in [1.165, 1.54) is 0 Å². The molecule has 0 bridgehead atoms. The maximum absolute atomic E-state index is 4.74. The van der Waals surface area contributed by atoms with Crippen molar-refractivity contribution in [1.82, 2.24) is 14.9 Å². The Hall–Kier alpha value is -1.36. The third kappa shape index (κ3) is 4.84. The number of anilines is 2. The van der Waals surface area contributed by atoms with E-state index in [1.807, 2.05) is 0 Å². The SMILES string of the molecule is CCNc1nc(C(C)(C)C)nc(NCC(C)N(C)C)c1C. The predicted octanol–water partition coefficient (Wildman–Crippen LogP) is 2.88. The summed E-state index contributed by atoms with van der Waals surface area (Å²) in [6, 6.07) is 0.444. The van der Waals surface area contributed by atoms with Gasteiger partial charge in [-0.05, 0) is 34.9 Å². The molecule has 5 heteroatoms. The highest BCUT2D eigenvalue weighted by Gasteiger charge is 2.21. The number of likely N-dealkylation sites (N-methyl/N-ethyl adjacent to an activating group) is 1. The molecular weight excluding hydrogens is 262 g/mol. The topological polar surface area (TPSA) is 53.1 Å². The van der Waals surface area contributed by atoms with Gasteiger partial charge in [0.05, 0.1) is 0 Å². The second-order valence-electron chi connectivity index (χ2n) is 6.84. The minimum atomic E-state index is -0.0680. The molecule has 1 aromatic rings. The van der Waals surface area contributed by atoms with Gasteiger partial charge in [0.15, 0.2) is 0 Å². The van der Waals surface area contributed by atoms with Gasteiger partial charge in [-0.3, -0.25) is 0 Å². The zero-order valence-corrected chi connectivity index (χ0v) is 14.8. The third-order valence-electron chi connectivity index (χ3n) is 3.61. The summed E-state index contributed by atoms with van der Waals surface area (Å²) in [6.45, 7) is 14.5. The van der Waals surface area contributed by atoms with E-state index >= 15 is 0 Å². The van der Waals surface area contributed by atoms with Crippen molar-refractivity contribution in [2.45, 2.75) is 53.0 Å². The lowest BCUT2D eigenvalue weighted by Gasteiger charge is -2.24. The molecule has 0 aromatic carbocycles. The van der Waals surface area contributed by atoms with Gasteiger partial charge >= 0.3 is 0 Å². The zero-order valence-electron chi connectivity index (χ0n) is 14.8. The fourth-order valence-corrected chi connectivity index (χ4v) is 1.79. The first-order chi connectivity index (χ1) is 9.66. The Balaban J connectivity index is 3.08. The molecule has 0 aliphatic heterocycles. The Kier molecular flexibility index (Phi) is 5.96. The average Bonchev–Trinajstić information content (AvgIpc) is 2.38. The number of aromatic nitrogens is 2. The highest BCUT2D eigenvalue weighted by Crippen LogP contribution is 2.26. The van der Waals surface area contributed by atoms with Gasteiger partial charge in [-0.15, -0.1) is 0 Å². The Morgan fingerprint density at radius 2 is 1.62 bits per heavy atom. The maximum Gasteiger partial charge on any atom is 0.138 e. The Morgan fingerprint density at radius 3 is 2.05 bits per heavy atom. The normalized spacial score (nSPS) is 13.4. The van der Waals surface area contributed by atoms with Crippen LogP contribution >= 0.6 is 0 Å². The first-order valence-electron chi connectivity index (χ1n) is 7.70. The molecule has 1 unspecified atom stereocenters. The van der Waals surface area contributed by atoms with Gasteiger partial charge in [-0.1, -0.05) is 20.8 Å². The molecule has 1 atom stereocenters. The number of hydrogen-bond donors (Lipinski definition) is 2. The van der Waals surface area contributed by atoms with Crippen LogP contribution in [0.2, 0.25) is 0 Å². The number of rotatable bonds is 6. The fourth-order valence-electron chi connectivity index (χ4n) is 1.79. The van der Waals surface area contributed by atoms with Crippen molar-refractivity contribution in [3.63, 3.8) is 0 Å². The van der Waals surface area contributed by atoms with Gasteiger partial charge in [0.25, 0.3) is 0 Å². The standard InChI is InChI=1S/C16H31N5/c1-9-17-13-12(3)14(18-10-11(2)21(7)8)20-15(19-13)16(4,5)6/h11H,9-10H2,1-8H3,(H2,17,18,19,20). The third-order valence-corrected chi connectivity index (χ3v) is 3.61. The van der Waals surface area contributed by atoms with Crippen LogP contribution < -0.4 is 10.6 Å². The van der Waals surface area contributed by atoms with Crippen LogP contribution in [0.1, 0.15) is 46.0 Å². The first kappa shape index (κ1) is 17.7. The lowest BCUT2D eigenvalue weighted by atomic mass is 9.95. The molecule has 2 N–H and O–H groups in total. The molecule has 1 heterocycles. The summed E-state index contributed by atoms with van der Waals surface area (Å²) < 4.78 is 0. The van der Waals surface area contributed by atoms with Crippen molar-refractivity contribution in [3.05, 3.63) is 11.4 Å². The lowest BCUT2D eigenvalue weighted by molar-refractivity contribution is 0.326. The molecule has 0 saturated carbocycles. The smallest absolute Gasteiger partial charge is 0.138 e. The van der Waals surface area contributed by atoms with E-state index < -0.39 is 0 Å². The molecular formula is C16H31N5. The molecule has 120 valence electrons. The van der Waals surface area contributed by atoms with Crippen LogP contribution in [-0.4, -0.2) is 48.1 Å². The molecule has 0 aliphatic rings. The maximum atomic E-state index is 4.74. The van der Waals surface area contributed by atoms with Gasteiger partial charge in [-0.2, -0.15) is 0 Å². The summed E-state index contributed by atoms with van der Waals surface area (Å²) in [6.07, 6.45) is 0. The monoisotopic (exact) mass is 293 g/mol. The number of hydrogen-bond acceptors (Lipinski definition) is 5. The predicted molar refractivity (Wildman–Crippen MR) is 91.3 cm³/mol. The Bertz CT molecular complexity index is 462. The molecule has 1 rings (SSSR count). The van der Waals surface area contributed by atoms with E-state index in [-0.39, 0.29) is 5.41 Å². The average molecular weight is 293 g/mol. The van der Waals surface area contributed by atoms with Crippen molar-refractivity contribution in [1.29, 1.82) is 0 Å². The minimum absolute atomic E-state index is 0.0680. The van der Waals surface area contributed by atoms with Crippen LogP contribution in [0.5, 0.6) is 0 Å². The lowest BCUT2D eigenvalue weighted by Crippen LogP contribution is -2.32. The van der Waals surface area contributed by atoms with E-state index in [9.17, 15) is 0 Å². The van der Waals surface area contributed by atoms with Gasteiger partial charge in [0, 0.05) is 30.1 Å². The van der Waals surface area contributed by atoms with E-state index in [2.05, 4.69) is 76.2 Å². The van der Waals surface area contributed by atoms with Crippen LogP contribution in [0.4, 0.5) is 11.6 Å². The highest BCUT2D eigenvalue weighted by molar-refractivity contribution is 5.57. The van der Waals surface area contributed by atoms with Crippen LogP contribution in [0.15, 0.2) is 0 Å². The Labute approximate surface area is 129 Å². The van der Waals surface area contributed by atoms with Crippen LogP contribution in [0, 0.1) is 6.92 Å². The van der Waals surface area contributed by atoms with Gasteiger partial charge in [0.2, 0.25) is 0 Å². The summed E-state index contributed by atoms with van der Waals surface area (Å²) in [5.74, 6) is 2.72. The van der Waals surface area contributed by atoms with Crippen molar-refractivity contribution < 1.29 is 0 Å². The number of nitrogens with one attached hydrogen (secondary N) is 2. The summed E-state index contributed by atoms with van der Waals surface area (Å²) in [4.78, 5) is 11.6. The zero-order chi connectivity index (χ0) is 16.2.